The van der Waals surface area contributed by atoms with E-state index in [1.807, 2.05) is 17.9 Å². The van der Waals surface area contributed by atoms with Gasteiger partial charge in [-0.25, -0.2) is 0 Å². The summed E-state index contributed by atoms with van der Waals surface area (Å²) in [6.07, 6.45) is 2.12. The van der Waals surface area contributed by atoms with Crippen LogP contribution in [0.25, 0.3) is 0 Å². The van der Waals surface area contributed by atoms with Crippen LogP contribution in [0.15, 0.2) is 47.4 Å². The van der Waals surface area contributed by atoms with E-state index in [9.17, 15) is 9.90 Å². The number of aromatic hydroxyl groups is 1. The third-order valence-electron chi connectivity index (χ3n) is 4.55. The Kier molecular flexibility index (Phi) is 5.77. The minimum absolute atomic E-state index is 0.115. The molecule has 1 amide bonds. The molecule has 0 aromatic heterocycles. The Balaban J connectivity index is 1.70. The minimum atomic E-state index is -0.141. The summed E-state index contributed by atoms with van der Waals surface area (Å²) in [5.74, 6) is 0.710. The molecule has 1 aliphatic carbocycles. The zero-order valence-corrected chi connectivity index (χ0v) is 16.3. The monoisotopic (exact) mass is 371 g/mol. The van der Waals surface area contributed by atoms with Gasteiger partial charge in [0.2, 0.25) is 5.91 Å². The van der Waals surface area contributed by atoms with E-state index in [0.29, 0.717) is 18.3 Å². The van der Waals surface area contributed by atoms with Crippen molar-refractivity contribution in [1.29, 1.82) is 0 Å². The smallest absolute Gasteiger partial charge is 0.236 e. The number of aryl methyl sites for hydroxylation is 1. The lowest BCUT2D eigenvalue weighted by Gasteiger charge is -2.26. The number of hydrogen-bond donors (Lipinski definition) is 1. The number of methoxy groups -OCH3 is 1. The number of nitrogens with zero attached hydrogens (tertiary/aromatic N) is 1. The Morgan fingerprint density at radius 2 is 1.96 bits per heavy atom. The number of hydrogen-bond acceptors (Lipinski definition) is 4. The van der Waals surface area contributed by atoms with Crippen molar-refractivity contribution in [3.63, 3.8) is 0 Å². The molecule has 0 bridgehead atoms. The average Bonchev–Trinajstić information content (AvgIpc) is 3.47. The van der Waals surface area contributed by atoms with Crippen LogP contribution >= 0.6 is 11.8 Å². The molecule has 138 valence electrons. The predicted octanol–water partition coefficient (Wildman–Crippen LogP) is 4.38. The molecule has 1 aliphatic rings. The van der Waals surface area contributed by atoms with Gasteiger partial charge in [0, 0.05) is 17.5 Å². The highest BCUT2D eigenvalue weighted by molar-refractivity contribution is 8.00. The van der Waals surface area contributed by atoms with Crippen LogP contribution in [0.3, 0.4) is 0 Å². The number of carbonyl (C=O) groups is 1. The molecule has 26 heavy (non-hydrogen) atoms. The predicted molar refractivity (Wildman–Crippen MR) is 105 cm³/mol. The Morgan fingerprint density at radius 3 is 2.58 bits per heavy atom. The van der Waals surface area contributed by atoms with E-state index in [1.165, 1.54) is 12.7 Å². The van der Waals surface area contributed by atoms with E-state index >= 15 is 0 Å². The highest BCUT2D eigenvalue weighted by Crippen LogP contribution is 2.34. The molecule has 0 heterocycles. The van der Waals surface area contributed by atoms with Crippen molar-refractivity contribution in [2.75, 3.05) is 7.11 Å². The van der Waals surface area contributed by atoms with Crippen molar-refractivity contribution < 1.29 is 14.6 Å². The van der Waals surface area contributed by atoms with Gasteiger partial charge in [-0.05, 0) is 56.5 Å². The Bertz CT molecular complexity index is 771. The zero-order valence-electron chi connectivity index (χ0n) is 15.4. The van der Waals surface area contributed by atoms with Gasteiger partial charge < -0.3 is 14.7 Å². The molecular formula is C21H25NO3S. The van der Waals surface area contributed by atoms with E-state index in [0.717, 1.165) is 23.3 Å². The zero-order chi connectivity index (χ0) is 18.7. The molecule has 5 heteroatoms. The minimum Gasteiger partial charge on any atom is -0.504 e. The van der Waals surface area contributed by atoms with Crippen molar-refractivity contribution in [2.24, 2.45) is 0 Å². The van der Waals surface area contributed by atoms with Crippen LogP contribution in [0.4, 0.5) is 0 Å². The highest BCUT2D eigenvalue weighted by atomic mass is 32.2. The van der Waals surface area contributed by atoms with Crippen LogP contribution < -0.4 is 4.74 Å². The van der Waals surface area contributed by atoms with Crippen molar-refractivity contribution in [1.82, 2.24) is 4.90 Å². The summed E-state index contributed by atoms with van der Waals surface area (Å²) in [5, 5.41) is 9.62. The van der Waals surface area contributed by atoms with E-state index < -0.39 is 0 Å². The normalized spacial score (nSPS) is 14.7. The number of amides is 1. The second-order valence-electron chi connectivity index (χ2n) is 6.78. The largest absolute Gasteiger partial charge is 0.504 e. The van der Waals surface area contributed by atoms with Gasteiger partial charge in [-0.3, -0.25) is 4.79 Å². The summed E-state index contributed by atoms with van der Waals surface area (Å²) >= 11 is 1.60. The molecule has 2 aromatic rings. The van der Waals surface area contributed by atoms with Gasteiger partial charge in [0.25, 0.3) is 0 Å². The molecular weight excluding hydrogens is 346 g/mol. The number of phenolic OH excluding ortho intramolecular Hbond substituents is 1. The van der Waals surface area contributed by atoms with E-state index in [4.69, 9.17) is 4.74 Å². The molecule has 0 aliphatic heterocycles. The first-order valence-electron chi connectivity index (χ1n) is 8.87. The second-order valence-corrected chi connectivity index (χ2v) is 8.19. The maximum Gasteiger partial charge on any atom is 0.236 e. The summed E-state index contributed by atoms with van der Waals surface area (Å²) in [7, 11) is 1.53. The number of carbonyl (C=O) groups excluding carboxylic acids is 1. The van der Waals surface area contributed by atoms with Crippen molar-refractivity contribution >= 4 is 17.7 Å². The molecule has 0 spiro atoms. The molecule has 0 radical (unpaired) electrons. The standard InChI is InChI=1S/C21H25NO3S/c1-14-4-9-18(10-5-14)26-15(2)21(24)22(17-7-8-17)13-16-6-11-19(23)20(12-16)25-3/h4-6,9-12,15,17,23H,7-8,13H2,1-3H3. The van der Waals surface area contributed by atoms with Gasteiger partial charge in [-0.1, -0.05) is 23.8 Å². The summed E-state index contributed by atoms with van der Waals surface area (Å²) in [6.45, 7) is 4.57. The van der Waals surface area contributed by atoms with Crippen LogP contribution in [0.2, 0.25) is 0 Å². The molecule has 1 N–H and O–H groups in total. The van der Waals surface area contributed by atoms with Gasteiger partial charge >= 0.3 is 0 Å². The third-order valence-corrected chi connectivity index (χ3v) is 5.65. The van der Waals surface area contributed by atoms with E-state index in [1.54, 1.807) is 23.9 Å². The number of rotatable bonds is 7. The molecule has 1 unspecified atom stereocenters. The molecule has 2 aromatic carbocycles. The topological polar surface area (TPSA) is 49.8 Å². The van der Waals surface area contributed by atoms with Crippen LogP contribution in [-0.2, 0) is 11.3 Å². The SMILES string of the molecule is COc1cc(CN(C(=O)C(C)Sc2ccc(C)cc2)C2CC2)ccc1O. The van der Waals surface area contributed by atoms with E-state index in [-0.39, 0.29) is 16.9 Å². The quantitative estimate of drug-likeness (QED) is 0.734. The fourth-order valence-electron chi connectivity index (χ4n) is 2.90. The first-order valence-corrected chi connectivity index (χ1v) is 9.75. The number of phenols is 1. The van der Waals surface area contributed by atoms with Gasteiger partial charge in [0.15, 0.2) is 11.5 Å². The Morgan fingerprint density at radius 1 is 1.27 bits per heavy atom. The Hall–Kier alpha value is -2.14. The van der Waals surface area contributed by atoms with E-state index in [2.05, 4.69) is 31.2 Å². The summed E-state index contributed by atoms with van der Waals surface area (Å²) in [4.78, 5) is 16.1. The van der Waals surface area contributed by atoms with Crippen LogP contribution in [0.1, 0.15) is 30.9 Å². The van der Waals surface area contributed by atoms with Gasteiger partial charge in [-0.2, -0.15) is 0 Å². The fourth-order valence-corrected chi connectivity index (χ4v) is 3.83. The van der Waals surface area contributed by atoms with Crippen molar-refractivity contribution in [3.05, 3.63) is 53.6 Å². The van der Waals surface area contributed by atoms with Crippen molar-refractivity contribution in [2.45, 2.75) is 49.4 Å². The van der Waals surface area contributed by atoms with Gasteiger partial charge in [0.05, 0.1) is 12.4 Å². The lowest BCUT2D eigenvalue weighted by Crippen LogP contribution is -2.37. The molecule has 4 nitrogen and oxygen atoms in total. The molecule has 1 fully saturated rings. The van der Waals surface area contributed by atoms with Crippen LogP contribution in [0.5, 0.6) is 11.5 Å². The maximum atomic E-state index is 13.0. The van der Waals surface area contributed by atoms with Crippen LogP contribution in [-0.4, -0.2) is 34.3 Å². The molecule has 1 saturated carbocycles. The summed E-state index contributed by atoms with van der Waals surface area (Å²) in [5.41, 5.74) is 2.18. The van der Waals surface area contributed by atoms with Gasteiger partial charge in [0.1, 0.15) is 0 Å². The molecule has 1 atom stereocenters. The first-order chi connectivity index (χ1) is 12.5. The lowest BCUT2D eigenvalue weighted by atomic mass is 10.1. The van der Waals surface area contributed by atoms with Crippen molar-refractivity contribution in [3.8, 4) is 11.5 Å². The summed E-state index contributed by atoms with van der Waals surface area (Å²) in [6, 6.07) is 13.9. The average molecular weight is 372 g/mol. The van der Waals surface area contributed by atoms with Crippen LogP contribution in [0, 0.1) is 6.92 Å². The second kappa shape index (κ2) is 8.04. The third kappa shape index (κ3) is 4.52. The first kappa shape index (κ1) is 18.6. The molecule has 3 rings (SSSR count). The fraction of sp³-hybridized carbons (Fsp3) is 0.381. The Labute approximate surface area is 159 Å². The summed E-state index contributed by atoms with van der Waals surface area (Å²) < 4.78 is 5.18. The lowest BCUT2D eigenvalue weighted by molar-refractivity contribution is -0.131. The number of benzene rings is 2. The maximum absolute atomic E-state index is 13.0. The molecule has 0 saturated heterocycles. The highest BCUT2D eigenvalue weighted by Gasteiger charge is 2.34. The van der Waals surface area contributed by atoms with Gasteiger partial charge in [-0.15, -0.1) is 11.8 Å². The number of thioether (sulfide) groups is 1. The number of ether oxygens (including phenoxy) is 1.